The van der Waals surface area contributed by atoms with E-state index in [0.29, 0.717) is 5.69 Å². The van der Waals surface area contributed by atoms with E-state index >= 15 is 0 Å². The fraction of sp³-hybridized carbons (Fsp3) is 0.300. The topological polar surface area (TPSA) is 130 Å². The molecule has 0 unspecified atom stereocenters. The lowest BCUT2D eigenvalue weighted by molar-refractivity contribution is -0.133. The van der Waals surface area contributed by atoms with E-state index in [9.17, 15) is 14.4 Å². The zero-order chi connectivity index (χ0) is 14.6. The van der Waals surface area contributed by atoms with Gasteiger partial charge < -0.3 is 10.7 Å². The molecule has 0 aliphatic carbocycles. The fourth-order valence-corrected chi connectivity index (χ4v) is 0.937. The molecular weight excluding hydrogens is 304 g/mol. The summed E-state index contributed by atoms with van der Waals surface area (Å²) in [6.45, 7) is 2.75. The number of hydrogen-bond donors (Lipinski definition) is 3. The normalized spacial score (nSPS) is 7.94. The van der Waals surface area contributed by atoms with Gasteiger partial charge in [-0.25, -0.2) is 4.98 Å². The van der Waals surface area contributed by atoms with Crippen molar-refractivity contribution < 1.29 is 15.8 Å². The molecule has 0 amide bonds. The molecule has 1 aromatic rings. The van der Waals surface area contributed by atoms with Crippen LogP contribution in [0, 0.1) is 5.41 Å². The molecule has 0 atom stereocenters. The van der Waals surface area contributed by atoms with E-state index in [-0.39, 0.29) is 18.3 Å². The highest BCUT2D eigenvalue weighted by molar-refractivity contribution is 9.09. The number of hydrogen-bond acceptors (Lipinski definition) is 5. The number of aromatic amines is 1. The highest BCUT2D eigenvalue weighted by atomic mass is 79.9. The number of Topliss-reactive ketones (excluding diaryl/α,β-unsaturated/α-hetero) is 3. The molecule has 1 rings (SSSR count). The monoisotopic (exact) mass is 321 g/mol. The van der Waals surface area contributed by atoms with Crippen LogP contribution >= 0.6 is 15.9 Å². The Bertz CT molecular complexity index is 395. The highest BCUT2D eigenvalue weighted by Gasteiger charge is 2.02. The summed E-state index contributed by atoms with van der Waals surface area (Å²) in [4.78, 5) is 36.9. The first-order valence-corrected chi connectivity index (χ1v) is 5.82. The van der Waals surface area contributed by atoms with Crippen molar-refractivity contribution in [2.75, 3.05) is 5.33 Å². The van der Waals surface area contributed by atoms with Gasteiger partial charge in [0.05, 0.1) is 24.2 Å². The lowest BCUT2D eigenvalue weighted by Crippen LogP contribution is -2.09. The van der Waals surface area contributed by atoms with Gasteiger partial charge in [0.2, 0.25) is 5.78 Å². The largest absolute Gasteiger partial charge is 0.390 e. The number of aromatic nitrogens is 2. The number of nitrogens with one attached hydrogen (secondary N) is 2. The van der Waals surface area contributed by atoms with E-state index in [1.807, 2.05) is 0 Å². The highest BCUT2D eigenvalue weighted by Crippen LogP contribution is 1.89. The van der Waals surface area contributed by atoms with Crippen LogP contribution in [0.25, 0.3) is 0 Å². The van der Waals surface area contributed by atoms with Gasteiger partial charge in [-0.05, 0) is 0 Å². The van der Waals surface area contributed by atoms with Crippen LogP contribution in [-0.2, 0) is 9.59 Å². The molecular formula is C10H17BrN4O3. The molecule has 1 heterocycles. The van der Waals surface area contributed by atoms with Crippen molar-refractivity contribution in [2.24, 2.45) is 5.73 Å². The Morgan fingerprint density at radius 3 is 2.17 bits per heavy atom. The number of nitrogens with zero attached hydrogens (tertiary/aromatic N) is 1. The quantitative estimate of drug-likeness (QED) is 0.251. The first kappa shape index (κ1) is 18.5. The fourth-order valence-electron chi connectivity index (χ4n) is 0.543. The van der Waals surface area contributed by atoms with Gasteiger partial charge in [-0.1, -0.05) is 15.9 Å². The second-order valence-corrected chi connectivity index (χ2v) is 3.36. The molecule has 0 radical (unpaired) electrons. The van der Waals surface area contributed by atoms with Gasteiger partial charge in [0.25, 0.3) is 0 Å². The van der Waals surface area contributed by atoms with Gasteiger partial charge in [0.15, 0.2) is 11.6 Å². The summed E-state index contributed by atoms with van der Waals surface area (Å²) in [6.07, 6.45) is 3.74. The molecule has 0 aromatic carbocycles. The van der Waals surface area contributed by atoms with Gasteiger partial charge in [0, 0.05) is 15.3 Å². The van der Waals surface area contributed by atoms with Crippen molar-refractivity contribution in [3.63, 3.8) is 0 Å². The zero-order valence-electron chi connectivity index (χ0n) is 10.1. The van der Waals surface area contributed by atoms with E-state index < -0.39 is 5.78 Å². The Balaban J connectivity index is -0.000000216. The molecule has 0 spiro atoms. The Kier molecular flexibility index (Phi) is 12.0. The first-order valence-electron chi connectivity index (χ1n) is 4.70. The number of carbonyl (C=O) groups excluding carboxylic acids is 3. The van der Waals surface area contributed by atoms with Crippen molar-refractivity contribution in [1.82, 2.24) is 9.97 Å². The lowest BCUT2D eigenvalue weighted by Gasteiger charge is -1.80. The Hall–Kier alpha value is -1.83. The summed E-state index contributed by atoms with van der Waals surface area (Å²) in [5.41, 5.74) is 4.95. The standard InChI is InChI=1S/C5H6N2O.C4H5BrO2.CH4N2.H2/c1-4(8)5-2-6-3-7-5;1-3(6)4(7)2-5;2-1-3;/h2-3H,1H3,(H,6,7);2H2,1H3;1H,(H3,2,3);1H/i;;;1+1. The van der Waals surface area contributed by atoms with Crippen molar-refractivity contribution in [3.8, 4) is 0 Å². The smallest absolute Gasteiger partial charge is 0.208 e. The van der Waals surface area contributed by atoms with E-state index in [1.165, 1.54) is 26.4 Å². The van der Waals surface area contributed by atoms with E-state index in [4.69, 9.17) is 5.41 Å². The van der Waals surface area contributed by atoms with Crippen molar-refractivity contribution in [2.45, 2.75) is 13.8 Å². The molecule has 102 valence electrons. The maximum Gasteiger partial charge on any atom is 0.208 e. The number of alkyl halides is 1. The molecule has 8 heteroatoms. The second-order valence-electron chi connectivity index (χ2n) is 2.80. The van der Waals surface area contributed by atoms with Crippen LogP contribution in [0.5, 0.6) is 0 Å². The average molecular weight is 322 g/mol. The maximum atomic E-state index is 10.4. The number of H-pyrrole nitrogens is 1. The van der Waals surface area contributed by atoms with Crippen molar-refractivity contribution in [1.29, 1.82) is 5.41 Å². The lowest BCUT2D eigenvalue weighted by atomic mass is 10.3. The minimum Gasteiger partial charge on any atom is -0.390 e. The third-order valence-electron chi connectivity index (χ3n) is 1.39. The molecule has 1 aromatic heterocycles. The van der Waals surface area contributed by atoms with Crippen molar-refractivity contribution in [3.05, 3.63) is 18.2 Å². The molecule has 0 fully saturated rings. The summed E-state index contributed by atoms with van der Waals surface area (Å²) < 4.78 is 0. The minimum absolute atomic E-state index is 0. The Morgan fingerprint density at radius 2 is 2.06 bits per heavy atom. The van der Waals surface area contributed by atoms with E-state index in [1.54, 1.807) is 0 Å². The SMILES string of the molecule is CC(=O)C(=O)CBr.CC(=O)c1cnc[nH]1.N=CN.[2HH]. The molecule has 0 bridgehead atoms. The van der Waals surface area contributed by atoms with Crippen LogP contribution in [0.2, 0.25) is 0 Å². The van der Waals surface area contributed by atoms with Gasteiger partial charge >= 0.3 is 0 Å². The number of halogens is 1. The average Bonchev–Trinajstić information content (AvgIpc) is 2.83. The summed E-state index contributed by atoms with van der Waals surface area (Å²) in [5, 5.41) is 6.00. The molecule has 18 heavy (non-hydrogen) atoms. The van der Waals surface area contributed by atoms with Crippen LogP contribution in [0.1, 0.15) is 25.8 Å². The van der Waals surface area contributed by atoms with Gasteiger partial charge in [-0.3, -0.25) is 19.8 Å². The van der Waals surface area contributed by atoms with Gasteiger partial charge in [-0.15, -0.1) is 0 Å². The third-order valence-corrected chi connectivity index (χ3v) is 1.90. The number of rotatable bonds is 3. The summed E-state index contributed by atoms with van der Waals surface area (Å²) in [5.74, 6) is -0.751. The van der Waals surface area contributed by atoms with E-state index in [0.717, 1.165) is 6.34 Å². The molecule has 0 saturated carbocycles. The summed E-state index contributed by atoms with van der Waals surface area (Å²) >= 11 is 2.84. The molecule has 0 aliphatic heterocycles. The van der Waals surface area contributed by atoms with Gasteiger partial charge in [0.1, 0.15) is 5.69 Å². The van der Waals surface area contributed by atoms with Gasteiger partial charge in [-0.2, -0.15) is 0 Å². The Labute approximate surface area is 114 Å². The van der Waals surface area contributed by atoms with E-state index in [2.05, 4.69) is 31.6 Å². The number of carbonyl (C=O) groups is 3. The number of ketones is 3. The summed E-state index contributed by atoms with van der Waals surface area (Å²) in [6, 6.07) is 0. The molecule has 0 aliphatic rings. The number of imidazole rings is 1. The van der Waals surface area contributed by atoms with Crippen LogP contribution in [0.15, 0.2) is 12.5 Å². The molecule has 7 nitrogen and oxygen atoms in total. The van der Waals surface area contributed by atoms with Crippen LogP contribution in [-0.4, -0.2) is 39.0 Å². The minimum atomic E-state index is -0.392. The third kappa shape index (κ3) is 10.7. The van der Waals surface area contributed by atoms with Crippen LogP contribution in [0.3, 0.4) is 0 Å². The van der Waals surface area contributed by atoms with Crippen molar-refractivity contribution >= 4 is 39.6 Å². The maximum absolute atomic E-state index is 10.4. The number of nitrogens with two attached hydrogens (primary N) is 1. The van der Waals surface area contributed by atoms with Crippen LogP contribution in [0.4, 0.5) is 0 Å². The predicted molar refractivity (Wildman–Crippen MR) is 73.2 cm³/mol. The second kappa shape index (κ2) is 11.6. The molecule has 0 saturated heterocycles. The zero-order valence-corrected chi connectivity index (χ0v) is 11.7. The summed E-state index contributed by atoms with van der Waals surface area (Å²) in [7, 11) is 0. The predicted octanol–water partition coefficient (Wildman–Crippen LogP) is 0.950. The Morgan fingerprint density at radius 1 is 1.56 bits per heavy atom. The molecule has 4 N–H and O–H groups in total. The van der Waals surface area contributed by atoms with Crippen LogP contribution < -0.4 is 5.73 Å². The first-order chi connectivity index (χ1) is 8.40.